The Labute approximate surface area is 197 Å². The van der Waals surface area contributed by atoms with Crippen LogP contribution < -0.4 is 19.8 Å². The molecule has 4 rings (SSSR count). The highest BCUT2D eigenvalue weighted by molar-refractivity contribution is 7.99. The Bertz CT molecular complexity index is 1140. The number of para-hydroxylation sites is 1. The largest absolute Gasteiger partial charge is 0.493 e. The van der Waals surface area contributed by atoms with Gasteiger partial charge in [-0.15, -0.1) is 0 Å². The molecule has 1 aliphatic heterocycles. The number of aromatic nitrogens is 2. The normalized spacial score (nSPS) is 14.4. The fourth-order valence-corrected chi connectivity index (χ4v) is 4.90. The number of nitrogens with zero attached hydrogens (tertiary/aromatic N) is 3. The molecule has 9 heteroatoms. The van der Waals surface area contributed by atoms with Crippen LogP contribution in [0.3, 0.4) is 0 Å². The second-order valence-electron chi connectivity index (χ2n) is 7.64. The zero-order valence-corrected chi connectivity index (χ0v) is 20.0. The molecule has 33 heavy (non-hydrogen) atoms. The third-order valence-corrected chi connectivity index (χ3v) is 6.59. The lowest BCUT2D eigenvalue weighted by atomic mass is 10.1. The Morgan fingerprint density at radius 3 is 2.39 bits per heavy atom. The molecule has 0 spiro atoms. The molecule has 1 saturated heterocycles. The van der Waals surface area contributed by atoms with Crippen LogP contribution in [-0.4, -0.2) is 74.4 Å². The van der Waals surface area contributed by atoms with Gasteiger partial charge in [0.2, 0.25) is 5.75 Å². The summed E-state index contributed by atoms with van der Waals surface area (Å²) in [4.78, 5) is 20.6. The highest BCUT2D eigenvalue weighted by atomic mass is 32.2. The van der Waals surface area contributed by atoms with Crippen LogP contribution in [0.4, 0.5) is 0 Å². The molecule has 1 fully saturated rings. The minimum Gasteiger partial charge on any atom is -0.493 e. The van der Waals surface area contributed by atoms with Crippen molar-refractivity contribution in [3.63, 3.8) is 0 Å². The number of hydrogen-bond donors (Lipinski definition) is 0. The maximum absolute atomic E-state index is 13.4. The summed E-state index contributed by atoms with van der Waals surface area (Å²) in [6, 6.07) is 11.2. The van der Waals surface area contributed by atoms with Crippen LogP contribution in [0.15, 0.2) is 46.3 Å². The van der Waals surface area contributed by atoms with E-state index in [1.165, 1.54) is 0 Å². The summed E-state index contributed by atoms with van der Waals surface area (Å²) in [6.45, 7) is 4.66. The summed E-state index contributed by atoms with van der Waals surface area (Å²) in [5, 5.41) is 1.29. The average molecular weight is 472 g/mol. The molecule has 3 aromatic rings. The first-order valence-electron chi connectivity index (χ1n) is 10.9. The average Bonchev–Trinajstić information content (AvgIpc) is 2.86. The number of morpholine rings is 1. The van der Waals surface area contributed by atoms with Gasteiger partial charge in [-0.05, 0) is 29.8 Å². The number of rotatable bonds is 9. The van der Waals surface area contributed by atoms with Crippen molar-refractivity contribution in [2.24, 2.45) is 0 Å². The topological polar surface area (TPSA) is 75.0 Å². The molecule has 0 N–H and O–H groups in total. The van der Waals surface area contributed by atoms with E-state index in [1.54, 1.807) is 37.7 Å². The Balaban J connectivity index is 1.67. The van der Waals surface area contributed by atoms with E-state index in [0.717, 1.165) is 44.2 Å². The van der Waals surface area contributed by atoms with Crippen LogP contribution in [0.2, 0.25) is 0 Å². The smallest absolute Gasteiger partial charge is 0.262 e. The summed E-state index contributed by atoms with van der Waals surface area (Å²) in [7, 11) is 4.73. The molecule has 2 heterocycles. The van der Waals surface area contributed by atoms with Crippen LogP contribution in [0.1, 0.15) is 5.56 Å². The molecule has 0 saturated carbocycles. The second kappa shape index (κ2) is 10.9. The zero-order valence-electron chi connectivity index (χ0n) is 19.2. The van der Waals surface area contributed by atoms with Gasteiger partial charge in [-0.25, -0.2) is 4.98 Å². The maximum Gasteiger partial charge on any atom is 0.262 e. The van der Waals surface area contributed by atoms with Crippen molar-refractivity contribution in [2.75, 3.05) is 59.9 Å². The van der Waals surface area contributed by atoms with Crippen molar-refractivity contribution >= 4 is 22.7 Å². The summed E-state index contributed by atoms with van der Waals surface area (Å²) in [5.74, 6) is 2.46. The predicted octanol–water partition coefficient (Wildman–Crippen LogP) is 2.89. The number of benzene rings is 2. The van der Waals surface area contributed by atoms with Crippen molar-refractivity contribution in [2.45, 2.75) is 11.7 Å². The van der Waals surface area contributed by atoms with Crippen molar-refractivity contribution < 1.29 is 18.9 Å². The zero-order chi connectivity index (χ0) is 23.2. The van der Waals surface area contributed by atoms with E-state index in [1.807, 2.05) is 36.4 Å². The molecular weight excluding hydrogens is 442 g/mol. The highest BCUT2D eigenvalue weighted by Gasteiger charge is 2.17. The standard InChI is InChI=1S/C24H29N3O5S/c1-29-20-14-17(15-21(30-2)22(20)31-3)16-27-23(28)18-6-4-5-7-19(18)25-24(27)33-13-10-26-8-11-32-12-9-26/h4-7,14-15H,8-13,16H2,1-3H3. The Morgan fingerprint density at radius 1 is 1.03 bits per heavy atom. The van der Waals surface area contributed by atoms with Crippen LogP contribution >= 0.6 is 11.8 Å². The van der Waals surface area contributed by atoms with Crippen LogP contribution in [-0.2, 0) is 11.3 Å². The monoisotopic (exact) mass is 471 g/mol. The summed E-state index contributed by atoms with van der Waals surface area (Å²) >= 11 is 1.60. The van der Waals surface area contributed by atoms with Crippen molar-refractivity contribution in [1.82, 2.24) is 14.5 Å². The molecule has 0 aliphatic carbocycles. The van der Waals surface area contributed by atoms with Gasteiger partial charge >= 0.3 is 0 Å². The lowest BCUT2D eigenvalue weighted by Gasteiger charge is -2.26. The maximum atomic E-state index is 13.4. The van der Waals surface area contributed by atoms with E-state index in [0.29, 0.717) is 39.9 Å². The second-order valence-corrected chi connectivity index (χ2v) is 8.70. The third-order valence-electron chi connectivity index (χ3n) is 5.63. The van der Waals surface area contributed by atoms with Gasteiger partial charge in [0.1, 0.15) is 0 Å². The van der Waals surface area contributed by atoms with Gasteiger partial charge in [-0.3, -0.25) is 14.3 Å². The van der Waals surface area contributed by atoms with E-state index in [4.69, 9.17) is 23.9 Å². The Morgan fingerprint density at radius 2 is 1.73 bits per heavy atom. The van der Waals surface area contributed by atoms with E-state index >= 15 is 0 Å². The molecule has 1 aliphatic rings. The van der Waals surface area contributed by atoms with Crippen molar-refractivity contribution in [1.29, 1.82) is 0 Å². The van der Waals surface area contributed by atoms with E-state index in [9.17, 15) is 4.79 Å². The molecule has 1 aromatic heterocycles. The van der Waals surface area contributed by atoms with Crippen LogP contribution in [0.5, 0.6) is 17.2 Å². The molecule has 8 nitrogen and oxygen atoms in total. The molecule has 2 aromatic carbocycles. The van der Waals surface area contributed by atoms with E-state index in [2.05, 4.69) is 4.90 Å². The molecule has 176 valence electrons. The first-order valence-corrected chi connectivity index (χ1v) is 11.8. The minimum atomic E-state index is -0.0665. The van der Waals surface area contributed by atoms with Crippen LogP contribution in [0, 0.1) is 0 Å². The number of fused-ring (bicyclic) bond motifs is 1. The van der Waals surface area contributed by atoms with Gasteiger partial charge in [0.25, 0.3) is 5.56 Å². The summed E-state index contributed by atoms with van der Waals surface area (Å²) < 4.78 is 23.6. The van der Waals surface area contributed by atoms with Gasteiger partial charge in [0.15, 0.2) is 16.7 Å². The molecule has 0 amide bonds. The van der Waals surface area contributed by atoms with E-state index < -0.39 is 0 Å². The van der Waals surface area contributed by atoms with Crippen molar-refractivity contribution in [3.8, 4) is 17.2 Å². The number of thioether (sulfide) groups is 1. The number of ether oxygens (including phenoxy) is 4. The lowest BCUT2D eigenvalue weighted by Crippen LogP contribution is -2.37. The molecule has 0 atom stereocenters. The van der Waals surface area contributed by atoms with Crippen LogP contribution in [0.25, 0.3) is 10.9 Å². The Kier molecular flexibility index (Phi) is 7.74. The van der Waals surface area contributed by atoms with E-state index in [-0.39, 0.29) is 5.56 Å². The number of hydrogen-bond acceptors (Lipinski definition) is 8. The van der Waals surface area contributed by atoms with Gasteiger partial charge < -0.3 is 18.9 Å². The predicted molar refractivity (Wildman–Crippen MR) is 129 cm³/mol. The summed E-state index contributed by atoms with van der Waals surface area (Å²) in [6.07, 6.45) is 0. The van der Waals surface area contributed by atoms with Gasteiger partial charge in [0.05, 0.1) is 52.0 Å². The van der Waals surface area contributed by atoms with Crippen molar-refractivity contribution in [3.05, 3.63) is 52.3 Å². The third kappa shape index (κ3) is 5.26. The summed E-state index contributed by atoms with van der Waals surface area (Å²) in [5.41, 5.74) is 1.50. The molecular formula is C24H29N3O5S. The minimum absolute atomic E-state index is 0.0665. The van der Waals surface area contributed by atoms with Gasteiger partial charge in [-0.2, -0.15) is 0 Å². The highest BCUT2D eigenvalue weighted by Crippen LogP contribution is 2.38. The first kappa shape index (κ1) is 23.4. The van der Waals surface area contributed by atoms with Gasteiger partial charge in [0, 0.05) is 25.4 Å². The first-order chi connectivity index (χ1) is 16.1. The Hall–Kier alpha value is -2.75. The molecule has 0 radical (unpaired) electrons. The fraction of sp³-hybridized carbons (Fsp3) is 0.417. The van der Waals surface area contributed by atoms with Gasteiger partial charge in [-0.1, -0.05) is 23.9 Å². The molecule has 0 unspecified atom stereocenters. The number of methoxy groups -OCH3 is 3. The molecule has 0 bridgehead atoms. The quantitative estimate of drug-likeness (QED) is 0.348. The lowest BCUT2D eigenvalue weighted by molar-refractivity contribution is 0.0410. The fourth-order valence-electron chi connectivity index (χ4n) is 3.90. The SMILES string of the molecule is COc1cc(Cn2c(SCCN3CCOCC3)nc3ccccc3c2=O)cc(OC)c1OC.